The van der Waals surface area contributed by atoms with Crippen molar-refractivity contribution in [3.8, 4) is 0 Å². The number of para-hydroxylation sites is 1. The Kier molecular flexibility index (Phi) is 7.70. The highest BCUT2D eigenvalue weighted by atomic mass is 32.1. The van der Waals surface area contributed by atoms with Gasteiger partial charge in [-0.25, -0.2) is 0 Å². The number of amides is 2. The monoisotopic (exact) mass is 381 g/mol. The van der Waals surface area contributed by atoms with Gasteiger partial charge in [0.1, 0.15) is 0 Å². The third kappa shape index (κ3) is 6.67. The van der Waals surface area contributed by atoms with Gasteiger partial charge < -0.3 is 10.6 Å². The van der Waals surface area contributed by atoms with Gasteiger partial charge in [-0.1, -0.05) is 48.9 Å². The molecule has 0 aliphatic heterocycles. The van der Waals surface area contributed by atoms with Crippen LogP contribution < -0.4 is 16.0 Å². The smallest absolute Gasteiger partial charge is 0.253 e. The van der Waals surface area contributed by atoms with Gasteiger partial charge >= 0.3 is 0 Å². The second kappa shape index (κ2) is 10.2. The van der Waals surface area contributed by atoms with Gasteiger partial charge in [0.15, 0.2) is 5.11 Å². The highest BCUT2D eigenvalue weighted by Crippen LogP contribution is 2.14. The van der Waals surface area contributed by atoms with Crippen molar-refractivity contribution in [1.82, 2.24) is 10.6 Å². The molecule has 0 saturated carbocycles. The number of carbonyl (C=O) groups excluding carboxylic acids is 2. The van der Waals surface area contributed by atoms with Crippen molar-refractivity contribution in [2.45, 2.75) is 20.3 Å². The fourth-order valence-corrected chi connectivity index (χ4v) is 2.49. The molecule has 0 aliphatic carbocycles. The standard InChI is InChI=1S/C21H23N3O2S/c1-3-14-22-20(26)17-6-4-5-7-18(17)23-21(27)24-19(25)13-12-16-10-8-15(2)9-11-16/h4-13H,3,14H2,1-2H3,(H,22,26)(H2,23,24,25,27)/b13-12+. The van der Waals surface area contributed by atoms with Crippen molar-refractivity contribution in [2.24, 2.45) is 0 Å². The van der Waals surface area contributed by atoms with Gasteiger partial charge in [-0.15, -0.1) is 0 Å². The van der Waals surface area contributed by atoms with Crippen molar-refractivity contribution >= 4 is 40.9 Å². The molecule has 0 aliphatic rings. The Morgan fingerprint density at radius 3 is 2.48 bits per heavy atom. The van der Waals surface area contributed by atoms with E-state index in [4.69, 9.17) is 12.2 Å². The van der Waals surface area contributed by atoms with Gasteiger partial charge in [0.2, 0.25) is 5.91 Å². The molecule has 0 unspecified atom stereocenters. The number of nitrogens with one attached hydrogen (secondary N) is 3. The first-order valence-corrected chi connectivity index (χ1v) is 9.14. The molecular formula is C21H23N3O2S. The number of carbonyl (C=O) groups is 2. The van der Waals surface area contributed by atoms with Crippen LogP contribution in [-0.4, -0.2) is 23.5 Å². The average molecular weight is 382 g/mol. The van der Waals surface area contributed by atoms with Crippen molar-refractivity contribution < 1.29 is 9.59 Å². The summed E-state index contributed by atoms with van der Waals surface area (Å²) in [4.78, 5) is 24.3. The summed E-state index contributed by atoms with van der Waals surface area (Å²) in [5.74, 6) is -0.533. The van der Waals surface area contributed by atoms with Crippen LogP contribution in [0.2, 0.25) is 0 Å². The minimum atomic E-state index is -0.346. The molecule has 2 rings (SSSR count). The summed E-state index contributed by atoms with van der Waals surface area (Å²) in [6, 6.07) is 14.8. The lowest BCUT2D eigenvalue weighted by Crippen LogP contribution is -2.34. The zero-order valence-electron chi connectivity index (χ0n) is 15.4. The number of rotatable bonds is 6. The number of hydrogen-bond acceptors (Lipinski definition) is 3. The number of thiocarbonyl (C=S) groups is 1. The summed E-state index contributed by atoms with van der Waals surface area (Å²) in [7, 11) is 0. The predicted octanol–water partition coefficient (Wildman–Crippen LogP) is 3.66. The van der Waals surface area contributed by atoms with Crippen molar-refractivity contribution in [3.63, 3.8) is 0 Å². The molecule has 0 radical (unpaired) electrons. The molecule has 2 aromatic rings. The zero-order valence-corrected chi connectivity index (χ0v) is 16.2. The van der Waals surface area contributed by atoms with Crippen LogP contribution in [0.15, 0.2) is 54.6 Å². The van der Waals surface area contributed by atoms with Crippen LogP contribution in [0.3, 0.4) is 0 Å². The molecule has 140 valence electrons. The topological polar surface area (TPSA) is 70.2 Å². The maximum absolute atomic E-state index is 12.2. The van der Waals surface area contributed by atoms with Gasteiger partial charge in [0.05, 0.1) is 11.3 Å². The molecule has 6 heteroatoms. The molecule has 0 atom stereocenters. The molecule has 0 spiro atoms. The van der Waals surface area contributed by atoms with E-state index in [9.17, 15) is 9.59 Å². The first-order valence-electron chi connectivity index (χ1n) is 8.73. The van der Waals surface area contributed by atoms with Crippen LogP contribution >= 0.6 is 12.2 Å². The lowest BCUT2D eigenvalue weighted by Gasteiger charge is -2.12. The molecule has 0 heterocycles. The molecule has 0 saturated heterocycles. The van der Waals surface area contributed by atoms with E-state index < -0.39 is 0 Å². The van der Waals surface area contributed by atoms with E-state index in [2.05, 4.69) is 16.0 Å². The van der Waals surface area contributed by atoms with E-state index in [1.54, 1.807) is 30.3 Å². The molecule has 2 aromatic carbocycles. The van der Waals surface area contributed by atoms with Crippen LogP contribution in [0, 0.1) is 6.92 Å². The summed E-state index contributed by atoms with van der Waals surface area (Å²) in [5.41, 5.74) is 3.09. The van der Waals surface area contributed by atoms with E-state index in [0.717, 1.165) is 17.5 Å². The number of hydrogen-bond donors (Lipinski definition) is 3. The molecule has 0 aromatic heterocycles. The quantitative estimate of drug-likeness (QED) is 0.528. The summed E-state index contributed by atoms with van der Waals surface area (Å²) >= 11 is 5.19. The average Bonchev–Trinajstić information content (AvgIpc) is 2.66. The maximum atomic E-state index is 12.2. The number of anilines is 1. The van der Waals surface area contributed by atoms with Crippen LogP contribution in [0.4, 0.5) is 5.69 Å². The summed E-state index contributed by atoms with van der Waals surface area (Å²) in [5, 5.41) is 8.45. The SMILES string of the molecule is CCCNC(=O)c1ccccc1NC(=S)NC(=O)/C=C/c1ccc(C)cc1. The van der Waals surface area contributed by atoms with Gasteiger partial charge in [-0.05, 0) is 49.3 Å². The Labute approximate surface area is 164 Å². The third-order valence-corrected chi connectivity index (χ3v) is 3.90. The van der Waals surface area contributed by atoms with Crippen LogP contribution in [0.1, 0.15) is 34.8 Å². The van der Waals surface area contributed by atoms with Gasteiger partial charge in [-0.2, -0.15) is 0 Å². The van der Waals surface area contributed by atoms with Crippen LogP contribution in [0.25, 0.3) is 6.08 Å². The Balaban J connectivity index is 1.96. The molecule has 2 amide bonds. The van der Waals surface area contributed by atoms with E-state index in [0.29, 0.717) is 17.8 Å². The first kappa shape index (κ1) is 20.3. The Morgan fingerprint density at radius 2 is 1.78 bits per heavy atom. The van der Waals surface area contributed by atoms with Crippen molar-refractivity contribution in [1.29, 1.82) is 0 Å². The predicted molar refractivity (Wildman–Crippen MR) is 114 cm³/mol. The molecule has 3 N–H and O–H groups in total. The molecule has 0 bridgehead atoms. The van der Waals surface area contributed by atoms with Crippen molar-refractivity contribution in [3.05, 3.63) is 71.3 Å². The number of benzene rings is 2. The van der Waals surface area contributed by atoms with Gasteiger partial charge in [-0.3, -0.25) is 14.9 Å². The van der Waals surface area contributed by atoms with Crippen molar-refractivity contribution in [2.75, 3.05) is 11.9 Å². The minimum Gasteiger partial charge on any atom is -0.352 e. The van der Waals surface area contributed by atoms with Gasteiger partial charge in [0, 0.05) is 12.6 Å². The van der Waals surface area contributed by atoms with E-state index in [1.165, 1.54) is 6.08 Å². The third-order valence-electron chi connectivity index (χ3n) is 3.70. The molecule has 5 nitrogen and oxygen atoms in total. The maximum Gasteiger partial charge on any atom is 0.253 e. The highest BCUT2D eigenvalue weighted by molar-refractivity contribution is 7.80. The Hall–Kier alpha value is -2.99. The second-order valence-electron chi connectivity index (χ2n) is 5.99. The molecular weight excluding hydrogens is 358 g/mol. The minimum absolute atomic E-state index is 0.129. The summed E-state index contributed by atoms with van der Waals surface area (Å²) in [6.07, 6.45) is 3.98. The highest BCUT2D eigenvalue weighted by Gasteiger charge is 2.11. The van der Waals surface area contributed by atoms with E-state index in [-0.39, 0.29) is 16.9 Å². The second-order valence-corrected chi connectivity index (χ2v) is 6.40. The molecule has 0 fully saturated rings. The molecule has 27 heavy (non-hydrogen) atoms. The lowest BCUT2D eigenvalue weighted by molar-refractivity contribution is -0.115. The van der Waals surface area contributed by atoms with E-state index in [1.807, 2.05) is 38.1 Å². The number of aryl methyl sites for hydroxylation is 1. The largest absolute Gasteiger partial charge is 0.352 e. The zero-order chi connectivity index (χ0) is 19.6. The van der Waals surface area contributed by atoms with Crippen LogP contribution in [-0.2, 0) is 4.79 Å². The summed E-state index contributed by atoms with van der Waals surface area (Å²) < 4.78 is 0. The van der Waals surface area contributed by atoms with Gasteiger partial charge in [0.25, 0.3) is 5.91 Å². The summed E-state index contributed by atoms with van der Waals surface area (Å²) in [6.45, 7) is 4.59. The van der Waals surface area contributed by atoms with Crippen LogP contribution in [0.5, 0.6) is 0 Å². The normalized spacial score (nSPS) is 10.4. The fourth-order valence-electron chi connectivity index (χ4n) is 2.28. The Morgan fingerprint density at radius 1 is 1.07 bits per heavy atom. The Bertz CT molecular complexity index is 845. The first-order chi connectivity index (χ1) is 13.0. The van der Waals surface area contributed by atoms with E-state index >= 15 is 0 Å². The fraction of sp³-hybridized carbons (Fsp3) is 0.190. The lowest BCUT2D eigenvalue weighted by atomic mass is 10.1.